The molecule has 0 saturated heterocycles. The quantitative estimate of drug-likeness (QED) is 0.376. The first-order valence-corrected chi connectivity index (χ1v) is 8.94. The molecule has 29 heavy (non-hydrogen) atoms. The average molecular weight is 413 g/mol. The lowest BCUT2D eigenvalue weighted by molar-refractivity contribution is -0.136. The lowest BCUT2D eigenvalue weighted by atomic mass is 9.92. The lowest BCUT2D eigenvalue weighted by Crippen LogP contribution is -2.10. The van der Waals surface area contributed by atoms with E-state index in [2.05, 4.69) is 9.97 Å². The van der Waals surface area contributed by atoms with E-state index >= 15 is 0 Å². The van der Waals surface area contributed by atoms with Crippen LogP contribution in [0.15, 0.2) is 73.1 Å². The summed E-state index contributed by atoms with van der Waals surface area (Å²) in [5.74, 6) is -0.428. The van der Waals surface area contributed by atoms with Gasteiger partial charge in [-0.15, -0.1) is 0 Å². The molecule has 0 N–H and O–H groups in total. The van der Waals surface area contributed by atoms with Crippen molar-refractivity contribution in [3.05, 3.63) is 94.9 Å². The van der Waals surface area contributed by atoms with Crippen molar-refractivity contribution < 1.29 is 18.0 Å². The minimum Gasteiger partial charge on any atom is -0.287 e. The number of hydrogen-bond acceptors (Lipinski definition) is 3. The van der Waals surface area contributed by atoms with Gasteiger partial charge in [0.1, 0.15) is 5.69 Å². The van der Waals surface area contributed by atoms with Gasteiger partial charge in [-0.3, -0.25) is 14.8 Å². The first-order chi connectivity index (χ1) is 13.9. The second-order valence-corrected chi connectivity index (χ2v) is 6.73. The Hall–Kier alpha value is -3.25. The molecule has 0 radical (unpaired) electrons. The number of carbonyl (C=O) groups excluding carboxylic acids is 1. The molecule has 0 aliphatic rings. The van der Waals surface area contributed by atoms with Crippen molar-refractivity contribution in [1.82, 2.24) is 9.97 Å². The van der Waals surface area contributed by atoms with Crippen molar-refractivity contribution in [2.24, 2.45) is 0 Å². The molecular formula is C22H12ClF3N2O. The molecule has 2 heterocycles. The van der Waals surface area contributed by atoms with Gasteiger partial charge in [-0.05, 0) is 35.9 Å². The highest BCUT2D eigenvalue weighted by molar-refractivity contribution is 6.30. The highest BCUT2D eigenvalue weighted by Crippen LogP contribution is 2.39. The maximum absolute atomic E-state index is 13.5. The fourth-order valence-corrected chi connectivity index (χ4v) is 3.31. The van der Waals surface area contributed by atoms with Gasteiger partial charge < -0.3 is 0 Å². The van der Waals surface area contributed by atoms with Crippen molar-refractivity contribution in [2.45, 2.75) is 6.18 Å². The van der Waals surface area contributed by atoms with Gasteiger partial charge in [-0.2, -0.15) is 13.2 Å². The monoisotopic (exact) mass is 412 g/mol. The Morgan fingerprint density at radius 3 is 2.31 bits per heavy atom. The summed E-state index contributed by atoms with van der Waals surface area (Å²) >= 11 is 5.96. The van der Waals surface area contributed by atoms with Crippen LogP contribution in [0, 0.1) is 0 Å². The number of pyridine rings is 2. The summed E-state index contributed by atoms with van der Waals surface area (Å²) in [6.07, 6.45) is -1.92. The number of para-hydroxylation sites is 1. The zero-order chi connectivity index (χ0) is 20.6. The highest BCUT2D eigenvalue weighted by Gasteiger charge is 2.34. The number of halogens is 4. The second-order valence-electron chi connectivity index (χ2n) is 6.30. The van der Waals surface area contributed by atoms with Gasteiger partial charge >= 0.3 is 6.18 Å². The molecule has 0 aliphatic heterocycles. The second kappa shape index (κ2) is 7.29. The van der Waals surface area contributed by atoms with E-state index in [0.29, 0.717) is 16.1 Å². The Bertz CT molecular complexity index is 1210. The van der Waals surface area contributed by atoms with E-state index in [1.165, 1.54) is 24.5 Å². The van der Waals surface area contributed by atoms with E-state index in [1.54, 1.807) is 42.5 Å². The Labute approximate surface area is 168 Å². The fraction of sp³-hybridized carbons (Fsp3) is 0.0455. The Morgan fingerprint density at radius 1 is 0.897 bits per heavy atom. The summed E-state index contributed by atoms with van der Waals surface area (Å²) < 4.78 is 40.5. The zero-order valence-corrected chi connectivity index (χ0v) is 15.5. The molecule has 0 aliphatic carbocycles. The molecule has 0 bridgehead atoms. The summed E-state index contributed by atoms with van der Waals surface area (Å²) in [6.45, 7) is 0. The van der Waals surface area contributed by atoms with Crippen LogP contribution in [-0.2, 0) is 6.18 Å². The molecule has 7 heteroatoms. The number of alkyl halides is 3. The maximum Gasteiger partial charge on any atom is 0.418 e. The molecule has 144 valence electrons. The van der Waals surface area contributed by atoms with Crippen LogP contribution in [0.5, 0.6) is 0 Å². The molecule has 2 aromatic heterocycles. The maximum atomic E-state index is 13.5. The van der Waals surface area contributed by atoms with E-state index in [-0.39, 0.29) is 22.2 Å². The van der Waals surface area contributed by atoms with Gasteiger partial charge in [-0.25, -0.2) is 0 Å². The largest absolute Gasteiger partial charge is 0.418 e. The van der Waals surface area contributed by atoms with Gasteiger partial charge in [-0.1, -0.05) is 41.9 Å². The predicted octanol–water partition coefficient (Wildman–Crippen LogP) is 6.20. The minimum atomic E-state index is -4.57. The van der Waals surface area contributed by atoms with Crippen LogP contribution < -0.4 is 0 Å². The smallest absolute Gasteiger partial charge is 0.287 e. The molecule has 0 spiro atoms. The van der Waals surface area contributed by atoms with E-state index in [1.807, 2.05) is 0 Å². The van der Waals surface area contributed by atoms with Crippen molar-refractivity contribution >= 4 is 28.3 Å². The average Bonchev–Trinajstić information content (AvgIpc) is 2.72. The molecule has 0 fully saturated rings. The SMILES string of the molecule is O=C(c1ccccn1)c1cnc2c(C(F)(F)F)cccc2c1-c1ccc(Cl)cc1. The van der Waals surface area contributed by atoms with Crippen molar-refractivity contribution in [1.29, 1.82) is 0 Å². The zero-order valence-electron chi connectivity index (χ0n) is 14.7. The molecule has 4 rings (SSSR count). The third-order valence-corrected chi connectivity index (χ3v) is 4.73. The van der Waals surface area contributed by atoms with Gasteiger partial charge in [0.25, 0.3) is 0 Å². The predicted molar refractivity (Wildman–Crippen MR) is 105 cm³/mol. The van der Waals surface area contributed by atoms with Crippen LogP contribution in [0.4, 0.5) is 13.2 Å². The Balaban J connectivity index is 2.05. The molecule has 0 amide bonds. The Kier molecular flexibility index (Phi) is 4.80. The number of carbonyl (C=O) groups is 1. The fourth-order valence-electron chi connectivity index (χ4n) is 3.19. The summed E-state index contributed by atoms with van der Waals surface area (Å²) in [5.41, 5.74) is 0.173. The van der Waals surface area contributed by atoms with Gasteiger partial charge in [0.15, 0.2) is 0 Å². The molecule has 0 atom stereocenters. The number of hydrogen-bond donors (Lipinski definition) is 0. The number of fused-ring (bicyclic) bond motifs is 1. The highest BCUT2D eigenvalue weighted by atomic mass is 35.5. The normalized spacial score (nSPS) is 11.6. The molecule has 3 nitrogen and oxygen atoms in total. The first kappa shape index (κ1) is 19.1. The van der Waals surface area contributed by atoms with Crippen LogP contribution in [-0.4, -0.2) is 15.8 Å². The topological polar surface area (TPSA) is 42.9 Å². The minimum absolute atomic E-state index is 0.165. The lowest BCUT2D eigenvalue weighted by Gasteiger charge is -2.15. The number of benzene rings is 2. The van der Waals surface area contributed by atoms with E-state index in [4.69, 9.17) is 11.6 Å². The van der Waals surface area contributed by atoms with Crippen LogP contribution in [0.2, 0.25) is 5.02 Å². The molecule has 2 aromatic carbocycles. The van der Waals surface area contributed by atoms with Crippen LogP contribution >= 0.6 is 11.6 Å². The molecular weight excluding hydrogens is 401 g/mol. The first-order valence-electron chi connectivity index (χ1n) is 8.57. The number of rotatable bonds is 3. The molecule has 0 unspecified atom stereocenters. The van der Waals surface area contributed by atoms with Crippen molar-refractivity contribution in [3.8, 4) is 11.1 Å². The van der Waals surface area contributed by atoms with E-state index < -0.39 is 17.5 Å². The number of ketones is 1. The van der Waals surface area contributed by atoms with Crippen molar-refractivity contribution in [2.75, 3.05) is 0 Å². The number of nitrogens with zero attached hydrogens (tertiary/aromatic N) is 2. The van der Waals surface area contributed by atoms with Crippen LogP contribution in [0.1, 0.15) is 21.6 Å². The van der Waals surface area contributed by atoms with Crippen molar-refractivity contribution in [3.63, 3.8) is 0 Å². The molecule has 0 saturated carbocycles. The van der Waals surface area contributed by atoms with Gasteiger partial charge in [0.2, 0.25) is 5.78 Å². The number of aromatic nitrogens is 2. The third kappa shape index (κ3) is 3.59. The van der Waals surface area contributed by atoms with Gasteiger partial charge in [0, 0.05) is 28.4 Å². The summed E-state index contributed by atoms with van der Waals surface area (Å²) in [6, 6.07) is 15.2. The third-order valence-electron chi connectivity index (χ3n) is 4.48. The summed E-state index contributed by atoms with van der Waals surface area (Å²) in [4.78, 5) is 21.1. The van der Waals surface area contributed by atoms with Crippen LogP contribution in [0.25, 0.3) is 22.0 Å². The standard InChI is InChI=1S/C22H12ClF3N2O/c23-14-9-7-13(8-10-14)19-15-4-3-5-17(22(24,25)26)20(15)28-12-16(19)21(29)18-6-1-2-11-27-18/h1-12H. The Morgan fingerprint density at radius 2 is 1.66 bits per heavy atom. The van der Waals surface area contributed by atoms with Gasteiger partial charge in [0.05, 0.1) is 16.6 Å². The van der Waals surface area contributed by atoms with Crippen LogP contribution in [0.3, 0.4) is 0 Å². The van der Waals surface area contributed by atoms with E-state index in [9.17, 15) is 18.0 Å². The van der Waals surface area contributed by atoms with E-state index in [0.717, 1.165) is 6.07 Å². The summed E-state index contributed by atoms with van der Waals surface area (Å²) in [5, 5.41) is 0.699. The summed E-state index contributed by atoms with van der Waals surface area (Å²) in [7, 11) is 0. The molecule has 4 aromatic rings.